The molecule has 27 heavy (non-hydrogen) atoms. The molecule has 0 spiro atoms. The van der Waals surface area contributed by atoms with E-state index < -0.39 is 6.10 Å². The average molecular weight is 362 g/mol. The number of hydrogen-bond donors (Lipinski definition) is 2. The Hall–Kier alpha value is -2.66. The van der Waals surface area contributed by atoms with Gasteiger partial charge in [-0.15, -0.1) is 0 Å². The monoisotopic (exact) mass is 362 g/mol. The van der Waals surface area contributed by atoms with E-state index in [0.717, 1.165) is 33.7 Å². The summed E-state index contributed by atoms with van der Waals surface area (Å²) in [6, 6.07) is 10.4. The summed E-state index contributed by atoms with van der Waals surface area (Å²) in [5.74, 6) is 0. The van der Waals surface area contributed by atoms with E-state index in [1.165, 1.54) is 0 Å². The van der Waals surface area contributed by atoms with Crippen LogP contribution in [0.25, 0.3) is 17.3 Å². The zero-order valence-electron chi connectivity index (χ0n) is 16.5. The Balaban J connectivity index is 1.96. The highest BCUT2D eigenvalue weighted by molar-refractivity contribution is 5.95. The van der Waals surface area contributed by atoms with Crippen LogP contribution in [0.1, 0.15) is 63.2 Å². The molecule has 3 heterocycles. The van der Waals surface area contributed by atoms with Crippen LogP contribution < -0.4 is 5.32 Å². The number of aromatic nitrogens is 3. The zero-order valence-corrected chi connectivity index (χ0v) is 16.5. The normalized spacial score (nSPS) is 18.0. The third-order valence-corrected chi connectivity index (χ3v) is 5.11. The van der Waals surface area contributed by atoms with Crippen LogP contribution in [0.5, 0.6) is 0 Å². The summed E-state index contributed by atoms with van der Waals surface area (Å²) in [6.45, 7) is 10.3. The second-order valence-electron chi connectivity index (χ2n) is 8.34. The SMILES string of the molecule is CC1Nc2ccccc2C=C1c1cnn2c(C(C)(C)C)cc(C(C)O)nc12. The number of rotatable bonds is 2. The highest BCUT2D eigenvalue weighted by atomic mass is 16.3. The van der Waals surface area contributed by atoms with Crippen LogP contribution in [0.3, 0.4) is 0 Å². The van der Waals surface area contributed by atoms with E-state index in [1.54, 1.807) is 6.92 Å². The lowest BCUT2D eigenvalue weighted by molar-refractivity contribution is 0.194. The molecule has 2 atom stereocenters. The second-order valence-corrected chi connectivity index (χ2v) is 8.34. The van der Waals surface area contributed by atoms with Crippen molar-refractivity contribution in [2.75, 3.05) is 5.32 Å². The topological polar surface area (TPSA) is 62.5 Å². The maximum Gasteiger partial charge on any atom is 0.163 e. The predicted octanol–water partition coefficient (Wildman–Crippen LogP) is 4.43. The van der Waals surface area contributed by atoms with E-state index in [-0.39, 0.29) is 11.5 Å². The molecule has 1 aromatic carbocycles. The zero-order chi connectivity index (χ0) is 19.3. The van der Waals surface area contributed by atoms with Gasteiger partial charge in [0.2, 0.25) is 0 Å². The molecule has 2 unspecified atom stereocenters. The average Bonchev–Trinajstić information content (AvgIpc) is 3.03. The number of anilines is 1. The van der Waals surface area contributed by atoms with Crippen molar-refractivity contribution < 1.29 is 5.11 Å². The smallest absolute Gasteiger partial charge is 0.163 e. The minimum absolute atomic E-state index is 0.120. The van der Waals surface area contributed by atoms with E-state index in [9.17, 15) is 5.11 Å². The van der Waals surface area contributed by atoms with E-state index in [2.05, 4.69) is 56.3 Å². The van der Waals surface area contributed by atoms with Crippen molar-refractivity contribution in [3.8, 4) is 0 Å². The van der Waals surface area contributed by atoms with E-state index in [0.29, 0.717) is 5.69 Å². The number of hydrogen-bond acceptors (Lipinski definition) is 4. The second kappa shape index (κ2) is 6.20. The quantitative estimate of drug-likeness (QED) is 0.708. The van der Waals surface area contributed by atoms with Crippen molar-refractivity contribution in [1.29, 1.82) is 0 Å². The van der Waals surface area contributed by atoms with Crippen molar-refractivity contribution in [3.05, 3.63) is 59.0 Å². The molecule has 0 saturated heterocycles. The molecule has 3 aromatic rings. The molecule has 2 N–H and O–H groups in total. The minimum atomic E-state index is -0.629. The summed E-state index contributed by atoms with van der Waals surface area (Å²) in [4.78, 5) is 4.76. The molecule has 0 bridgehead atoms. The van der Waals surface area contributed by atoms with Crippen LogP contribution in [0, 0.1) is 0 Å². The van der Waals surface area contributed by atoms with E-state index >= 15 is 0 Å². The summed E-state index contributed by atoms with van der Waals surface area (Å²) in [6.07, 6.45) is 3.47. The van der Waals surface area contributed by atoms with Crippen molar-refractivity contribution in [2.45, 2.75) is 52.2 Å². The molecule has 1 aliphatic heterocycles. The van der Waals surface area contributed by atoms with Crippen LogP contribution in [0.15, 0.2) is 36.5 Å². The fourth-order valence-corrected chi connectivity index (χ4v) is 3.60. The first-order chi connectivity index (χ1) is 12.8. The van der Waals surface area contributed by atoms with Gasteiger partial charge in [0.1, 0.15) is 0 Å². The number of benzene rings is 1. The number of para-hydroxylation sites is 1. The maximum atomic E-state index is 10.2. The Labute approximate surface area is 159 Å². The first-order valence-electron chi connectivity index (χ1n) is 9.40. The fourth-order valence-electron chi connectivity index (χ4n) is 3.60. The molecular formula is C22H26N4O. The molecule has 0 saturated carbocycles. The Morgan fingerprint density at radius 1 is 1.22 bits per heavy atom. The van der Waals surface area contributed by atoms with Gasteiger partial charge in [0, 0.05) is 22.7 Å². The first kappa shape index (κ1) is 17.7. The van der Waals surface area contributed by atoms with Crippen LogP contribution in [-0.4, -0.2) is 25.7 Å². The summed E-state index contributed by atoms with van der Waals surface area (Å²) < 4.78 is 1.91. The van der Waals surface area contributed by atoms with Gasteiger partial charge >= 0.3 is 0 Å². The van der Waals surface area contributed by atoms with E-state index in [4.69, 9.17) is 4.98 Å². The fraction of sp³-hybridized carbons (Fsp3) is 0.364. The lowest BCUT2D eigenvalue weighted by atomic mass is 9.90. The Morgan fingerprint density at radius 2 is 1.96 bits per heavy atom. The van der Waals surface area contributed by atoms with Gasteiger partial charge in [-0.1, -0.05) is 39.0 Å². The van der Waals surface area contributed by atoms with Crippen molar-refractivity contribution in [2.24, 2.45) is 0 Å². The summed E-state index contributed by atoms with van der Waals surface area (Å²) in [7, 11) is 0. The van der Waals surface area contributed by atoms with Crippen LogP contribution in [0.4, 0.5) is 5.69 Å². The molecule has 4 rings (SSSR count). The Bertz CT molecular complexity index is 1040. The van der Waals surface area contributed by atoms with Crippen LogP contribution >= 0.6 is 0 Å². The third kappa shape index (κ3) is 3.02. The van der Waals surface area contributed by atoms with Gasteiger partial charge in [0.15, 0.2) is 5.65 Å². The molecule has 5 nitrogen and oxygen atoms in total. The highest BCUT2D eigenvalue weighted by Crippen LogP contribution is 2.35. The van der Waals surface area contributed by atoms with Gasteiger partial charge in [-0.2, -0.15) is 5.10 Å². The lowest BCUT2D eigenvalue weighted by Crippen LogP contribution is -2.21. The minimum Gasteiger partial charge on any atom is -0.387 e. The molecule has 1 aliphatic rings. The Morgan fingerprint density at radius 3 is 2.67 bits per heavy atom. The van der Waals surface area contributed by atoms with Gasteiger partial charge in [0.05, 0.1) is 23.7 Å². The van der Waals surface area contributed by atoms with Gasteiger partial charge in [0.25, 0.3) is 0 Å². The molecule has 140 valence electrons. The number of aliphatic hydroxyl groups excluding tert-OH is 1. The number of nitrogens with one attached hydrogen (secondary N) is 1. The largest absolute Gasteiger partial charge is 0.387 e. The molecule has 0 amide bonds. The maximum absolute atomic E-state index is 10.2. The van der Waals surface area contributed by atoms with E-state index in [1.807, 2.05) is 28.9 Å². The number of fused-ring (bicyclic) bond motifs is 2. The molecule has 0 radical (unpaired) electrons. The summed E-state index contributed by atoms with van der Waals surface area (Å²) >= 11 is 0. The van der Waals surface area contributed by atoms with Gasteiger partial charge in [-0.25, -0.2) is 9.50 Å². The highest BCUT2D eigenvalue weighted by Gasteiger charge is 2.26. The number of nitrogens with zero attached hydrogens (tertiary/aromatic N) is 3. The van der Waals surface area contributed by atoms with Gasteiger partial charge in [-0.05, 0) is 43.2 Å². The number of aliphatic hydroxyl groups is 1. The van der Waals surface area contributed by atoms with Gasteiger partial charge < -0.3 is 10.4 Å². The van der Waals surface area contributed by atoms with Crippen molar-refractivity contribution in [3.63, 3.8) is 0 Å². The first-order valence-corrected chi connectivity index (χ1v) is 9.40. The van der Waals surface area contributed by atoms with Gasteiger partial charge in [-0.3, -0.25) is 0 Å². The van der Waals surface area contributed by atoms with Crippen LogP contribution in [0.2, 0.25) is 0 Å². The molecule has 0 aliphatic carbocycles. The molecule has 5 heteroatoms. The molecule has 0 fully saturated rings. The lowest BCUT2D eigenvalue weighted by Gasteiger charge is -2.25. The molecule has 2 aromatic heterocycles. The Kier molecular flexibility index (Phi) is 4.07. The summed E-state index contributed by atoms with van der Waals surface area (Å²) in [5.41, 5.74) is 6.82. The van der Waals surface area contributed by atoms with Crippen molar-refractivity contribution in [1.82, 2.24) is 14.6 Å². The summed E-state index contributed by atoms with van der Waals surface area (Å²) in [5, 5.41) is 18.4. The predicted molar refractivity (Wildman–Crippen MR) is 110 cm³/mol. The standard InChI is InChI=1S/C22H26N4O/c1-13-16(10-15-8-6-7-9-18(15)24-13)17-12-23-26-20(22(3,4)5)11-19(14(2)27)25-21(17)26/h6-14,24,27H,1-5H3. The van der Waals surface area contributed by atoms with Crippen LogP contribution in [-0.2, 0) is 5.41 Å². The third-order valence-electron chi connectivity index (χ3n) is 5.11. The van der Waals surface area contributed by atoms with Crippen molar-refractivity contribution >= 4 is 23.0 Å². The molecular weight excluding hydrogens is 336 g/mol.